The molecule has 1 saturated heterocycles. The summed E-state index contributed by atoms with van der Waals surface area (Å²) in [7, 11) is 2.75. The smallest absolute Gasteiger partial charge is 0.343 e. The fraction of sp³-hybridized carbons (Fsp3) is 0.158. The lowest BCUT2D eigenvalue weighted by atomic mass is 10.2. The van der Waals surface area contributed by atoms with E-state index >= 15 is 0 Å². The molecule has 0 bridgehead atoms. The van der Waals surface area contributed by atoms with Gasteiger partial charge in [0, 0.05) is 0 Å². The maximum Gasteiger partial charge on any atom is 0.343 e. The number of thioether (sulfide) groups is 1. The van der Waals surface area contributed by atoms with E-state index in [1.54, 1.807) is 35.7 Å². The molecule has 2 heterocycles. The summed E-state index contributed by atoms with van der Waals surface area (Å²) in [5.41, 5.74) is 3.20. The van der Waals surface area contributed by atoms with E-state index in [2.05, 4.69) is 10.2 Å². The number of ether oxygens (including phenoxy) is 3. The van der Waals surface area contributed by atoms with E-state index in [0.29, 0.717) is 30.4 Å². The van der Waals surface area contributed by atoms with Gasteiger partial charge in [0.2, 0.25) is 0 Å². The van der Waals surface area contributed by atoms with Crippen LogP contribution in [0, 0.1) is 3.57 Å². The lowest BCUT2D eigenvalue weighted by molar-refractivity contribution is -0.143. The number of hydrogen-bond donors (Lipinski definition) is 1. The molecule has 0 radical (unpaired) electrons. The van der Waals surface area contributed by atoms with Gasteiger partial charge in [0.05, 0.1) is 27.6 Å². The van der Waals surface area contributed by atoms with E-state index in [1.807, 2.05) is 22.6 Å². The topological polar surface area (TPSA) is 94.2 Å². The molecular weight excluding hydrogens is 575 g/mol. The first-order chi connectivity index (χ1) is 14.8. The lowest BCUT2D eigenvalue weighted by Crippen LogP contribution is -2.44. The monoisotopic (exact) mass is 590 g/mol. The minimum Gasteiger partial charge on any atom is -0.493 e. The molecule has 0 aliphatic carbocycles. The largest absolute Gasteiger partial charge is 0.493 e. The number of halogens is 1. The van der Waals surface area contributed by atoms with Crippen LogP contribution in [-0.4, -0.2) is 47.9 Å². The summed E-state index contributed by atoms with van der Waals surface area (Å²) in [6.07, 6.45) is 1.64. The minimum absolute atomic E-state index is 0.223. The highest BCUT2D eigenvalue weighted by atomic mass is 127. The number of rotatable bonds is 7. The molecule has 2 amide bonds. The standard InChI is InChI=1S/C19H15IN2O6S3/c1-26-12-7-10(6-11(20)16(12)28-9-15(23)27-2)8-14-18(25)22(19(29)31-14)21-17(24)13-4-3-5-30-13/h3-8H,9H2,1-2H3,(H,21,24)/b14-8-. The quantitative estimate of drug-likeness (QED) is 0.227. The summed E-state index contributed by atoms with van der Waals surface area (Å²) in [6, 6.07) is 6.85. The number of esters is 1. The number of nitrogens with one attached hydrogen (secondary N) is 1. The summed E-state index contributed by atoms with van der Waals surface area (Å²) >= 11 is 9.64. The second-order valence-corrected chi connectivity index (χ2v) is 9.62. The highest BCUT2D eigenvalue weighted by Crippen LogP contribution is 2.37. The summed E-state index contributed by atoms with van der Waals surface area (Å²) in [5, 5.41) is 2.83. The van der Waals surface area contributed by atoms with Gasteiger partial charge in [0.1, 0.15) is 0 Å². The third-order valence-corrected chi connectivity index (χ3v) is 6.84. The Morgan fingerprint density at radius 2 is 2.10 bits per heavy atom. The predicted molar refractivity (Wildman–Crippen MR) is 130 cm³/mol. The van der Waals surface area contributed by atoms with Crippen molar-refractivity contribution in [2.75, 3.05) is 20.8 Å². The molecule has 1 N–H and O–H groups in total. The summed E-state index contributed by atoms with van der Waals surface area (Å²) in [6.45, 7) is -0.259. The van der Waals surface area contributed by atoms with Crippen molar-refractivity contribution in [3.63, 3.8) is 0 Å². The van der Waals surface area contributed by atoms with Crippen LogP contribution in [0.3, 0.4) is 0 Å². The Kier molecular flexibility index (Phi) is 7.91. The number of nitrogens with zero attached hydrogens (tertiary/aromatic N) is 1. The van der Waals surface area contributed by atoms with Crippen LogP contribution >= 0.6 is 57.9 Å². The first-order valence-corrected chi connectivity index (χ1v) is 11.7. The SMILES string of the molecule is COC(=O)COc1c(I)cc(/C=C2\SC(=S)N(NC(=O)c3cccs3)C2=O)cc1OC. The van der Waals surface area contributed by atoms with Crippen molar-refractivity contribution < 1.29 is 28.6 Å². The van der Waals surface area contributed by atoms with Crippen LogP contribution in [0.5, 0.6) is 11.5 Å². The Morgan fingerprint density at radius 1 is 1.32 bits per heavy atom. The number of benzene rings is 1. The molecule has 1 aromatic carbocycles. The maximum atomic E-state index is 12.8. The van der Waals surface area contributed by atoms with Crippen LogP contribution in [-0.2, 0) is 14.3 Å². The number of thiophene rings is 1. The molecule has 1 aliphatic heterocycles. The Morgan fingerprint density at radius 3 is 2.74 bits per heavy atom. The van der Waals surface area contributed by atoms with Gasteiger partial charge in [-0.15, -0.1) is 11.3 Å². The van der Waals surface area contributed by atoms with Gasteiger partial charge in [0.25, 0.3) is 11.8 Å². The average Bonchev–Trinajstić information content (AvgIpc) is 3.37. The van der Waals surface area contributed by atoms with Gasteiger partial charge in [-0.1, -0.05) is 17.8 Å². The molecular formula is C19H15IN2O6S3. The van der Waals surface area contributed by atoms with Crippen LogP contribution in [0.4, 0.5) is 0 Å². The Labute approximate surface area is 205 Å². The average molecular weight is 590 g/mol. The van der Waals surface area contributed by atoms with Crippen molar-refractivity contribution in [1.82, 2.24) is 10.4 Å². The Hall–Kier alpha value is -2.16. The number of amides is 2. The normalized spacial score (nSPS) is 14.7. The van der Waals surface area contributed by atoms with Crippen molar-refractivity contribution in [1.29, 1.82) is 0 Å². The van der Waals surface area contributed by atoms with Crippen LogP contribution < -0.4 is 14.9 Å². The lowest BCUT2D eigenvalue weighted by Gasteiger charge is -2.14. The van der Waals surface area contributed by atoms with E-state index in [4.69, 9.17) is 21.7 Å². The second kappa shape index (κ2) is 10.4. The molecule has 3 rings (SSSR count). The van der Waals surface area contributed by atoms with E-state index in [0.717, 1.165) is 16.8 Å². The number of methoxy groups -OCH3 is 2. The zero-order chi connectivity index (χ0) is 22.5. The zero-order valence-corrected chi connectivity index (χ0v) is 20.8. The van der Waals surface area contributed by atoms with Gasteiger partial charge in [-0.2, -0.15) is 5.01 Å². The first kappa shape index (κ1) is 23.5. The predicted octanol–water partition coefficient (Wildman–Crippen LogP) is 3.46. The van der Waals surface area contributed by atoms with E-state index < -0.39 is 17.8 Å². The first-order valence-electron chi connectivity index (χ1n) is 8.53. The van der Waals surface area contributed by atoms with Crippen LogP contribution in [0.2, 0.25) is 0 Å². The molecule has 1 aliphatic rings. The van der Waals surface area contributed by atoms with Crippen LogP contribution in [0.15, 0.2) is 34.6 Å². The number of hydrazine groups is 1. The van der Waals surface area contributed by atoms with E-state index in [1.165, 1.54) is 25.6 Å². The third kappa shape index (κ3) is 5.56. The van der Waals surface area contributed by atoms with Gasteiger partial charge in [-0.05, 0) is 70.0 Å². The van der Waals surface area contributed by atoms with E-state index in [-0.39, 0.29) is 10.9 Å². The fourth-order valence-electron chi connectivity index (χ4n) is 2.43. The summed E-state index contributed by atoms with van der Waals surface area (Å²) in [4.78, 5) is 37.2. The van der Waals surface area contributed by atoms with Gasteiger partial charge in [0.15, 0.2) is 22.4 Å². The van der Waals surface area contributed by atoms with Crippen molar-refractivity contribution in [3.05, 3.63) is 48.6 Å². The van der Waals surface area contributed by atoms with Gasteiger partial charge in [-0.3, -0.25) is 15.0 Å². The molecule has 0 atom stereocenters. The number of carbonyl (C=O) groups excluding carboxylic acids is 3. The van der Waals surface area contributed by atoms with Crippen LogP contribution in [0.25, 0.3) is 6.08 Å². The van der Waals surface area contributed by atoms with Gasteiger partial charge in [-0.25, -0.2) is 4.79 Å². The molecule has 162 valence electrons. The van der Waals surface area contributed by atoms with Crippen molar-refractivity contribution in [2.24, 2.45) is 0 Å². The summed E-state index contributed by atoms with van der Waals surface area (Å²) in [5.74, 6) is -0.573. The van der Waals surface area contributed by atoms with Crippen molar-refractivity contribution >= 4 is 86.1 Å². The van der Waals surface area contributed by atoms with Crippen molar-refractivity contribution in [3.8, 4) is 11.5 Å². The van der Waals surface area contributed by atoms with Crippen LogP contribution in [0.1, 0.15) is 15.2 Å². The molecule has 2 aromatic rings. The molecule has 0 saturated carbocycles. The third-order valence-electron chi connectivity index (χ3n) is 3.86. The van der Waals surface area contributed by atoms with Crippen molar-refractivity contribution in [2.45, 2.75) is 0 Å². The number of carbonyl (C=O) groups is 3. The molecule has 1 aromatic heterocycles. The molecule has 0 spiro atoms. The molecule has 0 unspecified atom stereocenters. The van der Waals surface area contributed by atoms with Gasteiger partial charge >= 0.3 is 5.97 Å². The Bertz CT molecular complexity index is 1070. The highest BCUT2D eigenvalue weighted by molar-refractivity contribution is 14.1. The number of hydrogen-bond acceptors (Lipinski definition) is 9. The summed E-state index contributed by atoms with van der Waals surface area (Å²) < 4.78 is 16.3. The maximum absolute atomic E-state index is 12.8. The zero-order valence-electron chi connectivity index (χ0n) is 16.2. The molecule has 1 fully saturated rings. The molecule has 31 heavy (non-hydrogen) atoms. The number of thiocarbonyl (C=S) groups is 1. The van der Waals surface area contributed by atoms with E-state index in [9.17, 15) is 14.4 Å². The fourth-order valence-corrected chi connectivity index (χ4v) is 5.01. The molecule has 8 nitrogen and oxygen atoms in total. The molecule has 12 heteroatoms. The highest BCUT2D eigenvalue weighted by Gasteiger charge is 2.34. The second-order valence-electron chi connectivity index (χ2n) is 5.83. The minimum atomic E-state index is -0.518. The van der Waals surface area contributed by atoms with Gasteiger partial charge < -0.3 is 14.2 Å². The Balaban J connectivity index is 1.80.